The van der Waals surface area contributed by atoms with E-state index in [2.05, 4.69) is 0 Å². The fourth-order valence-electron chi connectivity index (χ4n) is 2.65. The lowest BCUT2D eigenvalue weighted by Gasteiger charge is -2.27. The number of nitrogens with two attached hydrogens (primary N) is 1. The second-order valence-corrected chi connectivity index (χ2v) is 4.21. The summed E-state index contributed by atoms with van der Waals surface area (Å²) in [5.74, 6) is 0. The van der Waals surface area contributed by atoms with Gasteiger partial charge in [-0.25, -0.2) is 0 Å². The summed E-state index contributed by atoms with van der Waals surface area (Å²) in [6.45, 7) is 2.58. The molecule has 2 rings (SSSR count). The summed E-state index contributed by atoms with van der Waals surface area (Å²) < 4.78 is 5.30. The van der Waals surface area contributed by atoms with Crippen LogP contribution in [0.5, 0.6) is 0 Å². The van der Waals surface area contributed by atoms with E-state index in [4.69, 9.17) is 10.5 Å². The lowest BCUT2D eigenvalue weighted by atomic mass is 9.86. The van der Waals surface area contributed by atoms with Crippen LogP contribution in [0.3, 0.4) is 0 Å². The van der Waals surface area contributed by atoms with Crippen LogP contribution in [0.2, 0.25) is 0 Å². The summed E-state index contributed by atoms with van der Waals surface area (Å²) in [5, 5.41) is 9.25. The molecule has 1 unspecified atom stereocenters. The second kappa shape index (κ2) is 3.73. The van der Waals surface area contributed by atoms with Crippen molar-refractivity contribution in [3.8, 4) is 0 Å². The molecule has 0 aromatic rings. The number of hydrogen-bond donors (Lipinski definition) is 2. The molecule has 78 valence electrons. The molecule has 1 spiro atoms. The Morgan fingerprint density at radius 2 is 1.92 bits per heavy atom. The van der Waals surface area contributed by atoms with Crippen molar-refractivity contribution in [3.63, 3.8) is 0 Å². The van der Waals surface area contributed by atoms with Crippen LogP contribution in [0.4, 0.5) is 0 Å². The zero-order valence-electron chi connectivity index (χ0n) is 7.79. The van der Waals surface area contributed by atoms with Crippen LogP contribution in [0.25, 0.3) is 0 Å². The molecule has 1 saturated carbocycles. The van der Waals surface area contributed by atoms with Crippen molar-refractivity contribution in [3.05, 3.63) is 0 Å². The summed E-state index contributed by atoms with van der Waals surface area (Å²) in [7, 11) is 0. The normalized spacial score (nSPS) is 35.5. The maximum absolute atomic E-state index is 9.25. The Bertz CT molecular complexity index is 176. The van der Waals surface area contributed by atoms with Gasteiger partial charge in [0.25, 0.3) is 0 Å². The van der Waals surface area contributed by atoms with Crippen LogP contribution in [0, 0.1) is 10.8 Å². The second-order valence-electron chi connectivity index (χ2n) is 4.21. The van der Waals surface area contributed by atoms with Crippen molar-refractivity contribution in [1.29, 1.82) is 0 Å². The van der Waals surface area contributed by atoms with Gasteiger partial charge in [0.2, 0.25) is 0 Å². The minimum absolute atomic E-state index is 0. The third-order valence-corrected chi connectivity index (χ3v) is 3.82. The predicted octanol–water partition coefficient (Wildman–Crippen LogP) is 0.546. The first kappa shape index (κ1) is 11.2. The van der Waals surface area contributed by atoms with Crippen LogP contribution in [0.1, 0.15) is 19.3 Å². The first-order valence-corrected chi connectivity index (χ1v) is 4.67. The summed E-state index contributed by atoms with van der Waals surface area (Å²) in [6.07, 6.45) is 3.28. The molecule has 0 aromatic heterocycles. The first-order chi connectivity index (χ1) is 5.79. The smallest absolute Gasteiger partial charge is 0.0505 e. The van der Waals surface area contributed by atoms with Gasteiger partial charge in [-0.15, -0.1) is 12.4 Å². The van der Waals surface area contributed by atoms with E-state index in [-0.39, 0.29) is 24.4 Å². The summed E-state index contributed by atoms with van der Waals surface area (Å²) in [4.78, 5) is 0. The number of rotatable bonds is 2. The van der Waals surface area contributed by atoms with Crippen molar-refractivity contribution >= 4 is 12.4 Å². The fourth-order valence-corrected chi connectivity index (χ4v) is 2.65. The molecule has 1 saturated heterocycles. The highest BCUT2D eigenvalue weighted by Gasteiger charge is 2.65. The van der Waals surface area contributed by atoms with Gasteiger partial charge in [-0.2, -0.15) is 0 Å². The molecule has 0 aromatic carbocycles. The van der Waals surface area contributed by atoms with E-state index in [9.17, 15) is 5.11 Å². The van der Waals surface area contributed by atoms with Crippen molar-refractivity contribution in [2.24, 2.45) is 16.6 Å². The highest BCUT2D eigenvalue weighted by molar-refractivity contribution is 5.85. The van der Waals surface area contributed by atoms with Gasteiger partial charge in [-0.3, -0.25) is 0 Å². The van der Waals surface area contributed by atoms with Gasteiger partial charge in [0.05, 0.1) is 6.61 Å². The van der Waals surface area contributed by atoms with Crippen molar-refractivity contribution < 1.29 is 9.84 Å². The zero-order valence-corrected chi connectivity index (χ0v) is 8.61. The molecule has 1 heterocycles. The average molecular weight is 208 g/mol. The molecular weight excluding hydrogens is 190 g/mol. The Morgan fingerprint density at radius 1 is 1.31 bits per heavy atom. The van der Waals surface area contributed by atoms with Crippen LogP contribution in [-0.2, 0) is 4.74 Å². The van der Waals surface area contributed by atoms with Gasteiger partial charge in [0.15, 0.2) is 0 Å². The molecule has 3 N–H and O–H groups in total. The summed E-state index contributed by atoms with van der Waals surface area (Å²) in [6, 6.07) is 0. The molecule has 1 aliphatic carbocycles. The van der Waals surface area contributed by atoms with E-state index < -0.39 is 0 Å². The van der Waals surface area contributed by atoms with Gasteiger partial charge in [-0.1, -0.05) is 0 Å². The molecule has 3 nitrogen and oxygen atoms in total. The Morgan fingerprint density at radius 3 is 2.31 bits per heavy atom. The van der Waals surface area contributed by atoms with Gasteiger partial charge in [-0.05, 0) is 24.7 Å². The van der Waals surface area contributed by atoms with Gasteiger partial charge < -0.3 is 15.6 Å². The topological polar surface area (TPSA) is 55.5 Å². The molecule has 4 heteroatoms. The van der Waals surface area contributed by atoms with Gasteiger partial charge in [0.1, 0.15) is 0 Å². The average Bonchev–Trinajstić information content (AvgIpc) is 2.75. The standard InChI is InChI=1S/C9H17NO2.ClH/c10-6-9(7-11)5-8(9)1-3-12-4-2-8;/h11H,1-7,10H2;1H. The van der Waals surface area contributed by atoms with Crippen molar-refractivity contribution in [2.45, 2.75) is 19.3 Å². The third-order valence-electron chi connectivity index (χ3n) is 3.82. The monoisotopic (exact) mass is 207 g/mol. The molecule has 2 fully saturated rings. The largest absolute Gasteiger partial charge is 0.396 e. The molecule has 1 atom stereocenters. The number of aliphatic hydroxyl groups is 1. The Kier molecular flexibility index (Phi) is 3.23. The van der Waals surface area contributed by atoms with Gasteiger partial charge >= 0.3 is 0 Å². The van der Waals surface area contributed by atoms with Crippen molar-refractivity contribution in [1.82, 2.24) is 0 Å². The van der Waals surface area contributed by atoms with Crippen molar-refractivity contribution in [2.75, 3.05) is 26.4 Å². The quantitative estimate of drug-likeness (QED) is 0.695. The molecular formula is C9H18ClNO2. The Hall–Kier alpha value is 0.170. The van der Waals surface area contributed by atoms with E-state index in [1.54, 1.807) is 0 Å². The predicted molar refractivity (Wildman–Crippen MR) is 52.9 cm³/mol. The number of hydrogen-bond acceptors (Lipinski definition) is 3. The lowest BCUT2D eigenvalue weighted by Crippen LogP contribution is -2.31. The Labute approximate surface area is 85.0 Å². The lowest BCUT2D eigenvalue weighted by molar-refractivity contribution is 0.0324. The van der Waals surface area contributed by atoms with E-state index in [1.165, 1.54) is 0 Å². The van der Waals surface area contributed by atoms with Gasteiger partial charge in [0, 0.05) is 25.2 Å². The zero-order chi connectivity index (χ0) is 8.66. The van der Waals surface area contributed by atoms with Crippen LogP contribution in [0.15, 0.2) is 0 Å². The minimum Gasteiger partial charge on any atom is -0.396 e. The summed E-state index contributed by atoms with van der Waals surface area (Å²) >= 11 is 0. The maximum Gasteiger partial charge on any atom is 0.0505 e. The SMILES string of the molecule is Cl.NCC1(CO)CC12CCOCC2. The van der Waals surface area contributed by atoms with E-state index in [1.807, 2.05) is 0 Å². The van der Waals surface area contributed by atoms with E-state index in [0.717, 1.165) is 32.5 Å². The molecule has 0 radical (unpaired) electrons. The summed E-state index contributed by atoms with van der Waals surface area (Å²) in [5.41, 5.74) is 6.08. The number of ether oxygens (including phenoxy) is 1. The molecule has 13 heavy (non-hydrogen) atoms. The minimum atomic E-state index is 0. The highest BCUT2D eigenvalue weighted by atomic mass is 35.5. The third kappa shape index (κ3) is 1.48. The molecule has 1 aliphatic heterocycles. The number of halogens is 1. The maximum atomic E-state index is 9.25. The van der Waals surface area contributed by atoms with E-state index >= 15 is 0 Å². The van der Waals surface area contributed by atoms with Crippen LogP contribution in [-0.4, -0.2) is 31.5 Å². The van der Waals surface area contributed by atoms with Crippen LogP contribution >= 0.6 is 12.4 Å². The number of aliphatic hydroxyl groups excluding tert-OH is 1. The fraction of sp³-hybridized carbons (Fsp3) is 1.00. The highest BCUT2D eigenvalue weighted by Crippen LogP contribution is 2.67. The Balaban J connectivity index is 0.000000845. The molecule has 0 amide bonds. The molecule has 0 bridgehead atoms. The van der Waals surface area contributed by atoms with Crippen LogP contribution < -0.4 is 5.73 Å². The van der Waals surface area contributed by atoms with E-state index in [0.29, 0.717) is 12.0 Å². The molecule has 2 aliphatic rings. The first-order valence-electron chi connectivity index (χ1n) is 4.67.